The molecule has 0 spiro atoms. The van der Waals surface area contributed by atoms with Gasteiger partial charge in [0.15, 0.2) is 10.9 Å². The molecule has 8 heteroatoms. The molecule has 1 heterocycles. The van der Waals surface area contributed by atoms with Crippen molar-refractivity contribution in [3.05, 3.63) is 74.8 Å². The van der Waals surface area contributed by atoms with Gasteiger partial charge in [-0.2, -0.15) is 5.10 Å². The topological polar surface area (TPSA) is 41.9 Å². The minimum Gasteiger partial charge on any atom is -0.332 e. The van der Waals surface area contributed by atoms with Crippen LogP contribution < -0.4 is 10.6 Å². The number of rotatable bonds is 4. The van der Waals surface area contributed by atoms with Gasteiger partial charge < -0.3 is 10.6 Å². The molecule has 128 valence electrons. The van der Waals surface area contributed by atoms with Crippen LogP contribution in [0.5, 0.6) is 0 Å². The summed E-state index contributed by atoms with van der Waals surface area (Å²) in [6.45, 7) is 0.564. The molecule has 0 atom stereocenters. The van der Waals surface area contributed by atoms with E-state index in [1.165, 1.54) is 0 Å². The van der Waals surface area contributed by atoms with Gasteiger partial charge in [0.2, 0.25) is 0 Å². The maximum atomic E-state index is 6.20. The van der Waals surface area contributed by atoms with Crippen LogP contribution in [0.25, 0.3) is 0 Å². The summed E-state index contributed by atoms with van der Waals surface area (Å²) in [5, 5.41) is 12.4. The summed E-state index contributed by atoms with van der Waals surface area (Å²) < 4.78 is 2.59. The molecule has 0 saturated heterocycles. The molecule has 0 aliphatic carbocycles. The summed E-state index contributed by atoms with van der Waals surface area (Å²) in [7, 11) is 0. The SMILES string of the molecule is S=C(Nc1cccc(Cl)c1)Nc1nn(Cc2ccccc2Cl)cc1Br. The van der Waals surface area contributed by atoms with E-state index < -0.39 is 0 Å². The number of thiocarbonyl (C=S) groups is 1. The standard InChI is InChI=1S/C17H13BrCl2N4S/c18-14-10-24(9-11-4-1-2-7-15(11)20)23-16(14)22-17(25)21-13-6-3-5-12(19)8-13/h1-8,10H,9H2,(H2,21,22,23,25). The first-order valence-electron chi connectivity index (χ1n) is 7.31. The Morgan fingerprint density at radius 1 is 1.12 bits per heavy atom. The van der Waals surface area contributed by atoms with E-state index in [1.807, 2.05) is 42.6 Å². The quantitative estimate of drug-likeness (QED) is 0.487. The van der Waals surface area contributed by atoms with Gasteiger partial charge in [0.05, 0.1) is 11.0 Å². The van der Waals surface area contributed by atoms with Crippen molar-refractivity contribution in [1.29, 1.82) is 0 Å². The van der Waals surface area contributed by atoms with Crippen molar-refractivity contribution < 1.29 is 0 Å². The lowest BCUT2D eigenvalue weighted by molar-refractivity contribution is 0.690. The Balaban J connectivity index is 1.68. The van der Waals surface area contributed by atoms with Crippen molar-refractivity contribution in [2.75, 3.05) is 10.6 Å². The van der Waals surface area contributed by atoms with Crippen LogP contribution in [-0.4, -0.2) is 14.9 Å². The van der Waals surface area contributed by atoms with E-state index in [-0.39, 0.29) is 0 Å². The third kappa shape index (κ3) is 4.95. The van der Waals surface area contributed by atoms with Gasteiger partial charge in [0.25, 0.3) is 0 Å². The molecule has 0 radical (unpaired) electrons. The normalized spacial score (nSPS) is 10.5. The van der Waals surface area contributed by atoms with Gasteiger partial charge in [0, 0.05) is 21.9 Å². The van der Waals surface area contributed by atoms with Crippen LogP contribution in [0.15, 0.2) is 59.2 Å². The number of benzene rings is 2. The maximum absolute atomic E-state index is 6.20. The Labute approximate surface area is 169 Å². The molecule has 2 N–H and O–H groups in total. The Morgan fingerprint density at radius 3 is 2.68 bits per heavy atom. The molecule has 25 heavy (non-hydrogen) atoms. The lowest BCUT2D eigenvalue weighted by atomic mass is 10.2. The predicted molar refractivity (Wildman–Crippen MR) is 112 cm³/mol. The van der Waals surface area contributed by atoms with E-state index in [0.717, 1.165) is 15.7 Å². The van der Waals surface area contributed by atoms with E-state index in [1.54, 1.807) is 16.8 Å². The molecule has 0 aliphatic rings. The first-order valence-corrected chi connectivity index (χ1v) is 9.27. The van der Waals surface area contributed by atoms with E-state index in [9.17, 15) is 0 Å². The highest BCUT2D eigenvalue weighted by atomic mass is 79.9. The molecule has 3 aromatic rings. The molecule has 2 aromatic carbocycles. The Bertz CT molecular complexity index is 913. The van der Waals surface area contributed by atoms with Gasteiger partial charge >= 0.3 is 0 Å². The van der Waals surface area contributed by atoms with Crippen molar-refractivity contribution >= 4 is 68.0 Å². The van der Waals surface area contributed by atoms with Gasteiger partial charge in [-0.05, 0) is 58.0 Å². The lowest BCUT2D eigenvalue weighted by Gasteiger charge is -2.09. The van der Waals surface area contributed by atoms with E-state index >= 15 is 0 Å². The van der Waals surface area contributed by atoms with Gasteiger partial charge in [-0.1, -0.05) is 47.5 Å². The highest BCUT2D eigenvalue weighted by molar-refractivity contribution is 9.10. The van der Waals surface area contributed by atoms with Gasteiger partial charge in [0.1, 0.15) is 0 Å². The molecule has 1 aromatic heterocycles. The number of nitrogens with one attached hydrogen (secondary N) is 2. The van der Waals surface area contributed by atoms with Crippen LogP contribution in [0.1, 0.15) is 5.56 Å². The van der Waals surface area contributed by atoms with Crippen LogP contribution in [-0.2, 0) is 6.54 Å². The lowest BCUT2D eigenvalue weighted by Crippen LogP contribution is -2.19. The van der Waals surface area contributed by atoms with Gasteiger partial charge in [-0.15, -0.1) is 0 Å². The van der Waals surface area contributed by atoms with E-state index in [0.29, 0.717) is 27.5 Å². The summed E-state index contributed by atoms with van der Waals surface area (Å²) in [4.78, 5) is 0. The average Bonchev–Trinajstić information content (AvgIpc) is 2.89. The number of aromatic nitrogens is 2. The second-order valence-corrected chi connectivity index (χ2v) is 7.31. The number of hydrogen-bond donors (Lipinski definition) is 2. The minimum absolute atomic E-state index is 0.422. The number of anilines is 2. The van der Waals surface area contributed by atoms with Crippen molar-refractivity contribution in [3.63, 3.8) is 0 Å². The molecule has 0 amide bonds. The van der Waals surface area contributed by atoms with E-state index in [2.05, 4.69) is 31.7 Å². The molecule has 0 saturated carbocycles. The first-order chi connectivity index (χ1) is 12.0. The summed E-state index contributed by atoms with van der Waals surface area (Å²) >= 11 is 21.0. The van der Waals surface area contributed by atoms with Gasteiger partial charge in [-0.25, -0.2) is 0 Å². The summed E-state index contributed by atoms with van der Waals surface area (Å²) in [5.74, 6) is 0.617. The van der Waals surface area contributed by atoms with Crippen molar-refractivity contribution in [2.24, 2.45) is 0 Å². The number of nitrogens with zero attached hydrogens (tertiary/aromatic N) is 2. The fourth-order valence-electron chi connectivity index (χ4n) is 2.20. The molecule has 4 nitrogen and oxygen atoms in total. The second kappa shape index (κ2) is 8.19. The molecule has 3 rings (SSSR count). The average molecular weight is 456 g/mol. The molecule has 0 fully saturated rings. The monoisotopic (exact) mass is 454 g/mol. The predicted octanol–water partition coefficient (Wildman–Crippen LogP) is 5.81. The third-order valence-electron chi connectivity index (χ3n) is 3.32. The third-order valence-corrected chi connectivity index (χ3v) is 4.71. The van der Waals surface area contributed by atoms with Crippen molar-refractivity contribution in [3.8, 4) is 0 Å². The van der Waals surface area contributed by atoms with Crippen LogP contribution in [0.2, 0.25) is 10.0 Å². The van der Waals surface area contributed by atoms with Crippen molar-refractivity contribution in [2.45, 2.75) is 6.54 Å². The first kappa shape index (κ1) is 18.2. The second-order valence-electron chi connectivity index (χ2n) is 5.20. The molecular weight excluding hydrogens is 443 g/mol. The van der Waals surface area contributed by atoms with Crippen LogP contribution in [0.3, 0.4) is 0 Å². The zero-order valence-corrected chi connectivity index (χ0v) is 16.8. The fraction of sp³-hybridized carbons (Fsp3) is 0.0588. The van der Waals surface area contributed by atoms with Crippen molar-refractivity contribution in [1.82, 2.24) is 9.78 Å². The highest BCUT2D eigenvalue weighted by Crippen LogP contribution is 2.23. The Kier molecular flexibility index (Phi) is 5.96. The largest absolute Gasteiger partial charge is 0.332 e. The molecule has 0 bridgehead atoms. The number of halogens is 3. The number of hydrogen-bond acceptors (Lipinski definition) is 2. The molecular formula is C17H13BrCl2N4S. The summed E-state index contributed by atoms with van der Waals surface area (Å²) in [6, 6.07) is 15.0. The van der Waals surface area contributed by atoms with Crippen LogP contribution in [0, 0.1) is 0 Å². The zero-order valence-electron chi connectivity index (χ0n) is 12.8. The highest BCUT2D eigenvalue weighted by Gasteiger charge is 2.10. The zero-order chi connectivity index (χ0) is 17.8. The maximum Gasteiger partial charge on any atom is 0.176 e. The molecule has 0 unspecified atom stereocenters. The summed E-state index contributed by atoms with van der Waals surface area (Å²) in [5.41, 5.74) is 1.79. The smallest absolute Gasteiger partial charge is 0.176 e. The van der Waals surface area contributed by atoms with Crippen LogP contribution >= 0.6 is 51.3 Å². The van der Waals surface area contributed by atoms with Gasteiger partial charge in [-0.3, -0.25) is 4.68 Å². The molecule has 0 aliphatic heterocycles. The Hall–Kier alpha value is -1.60. The van der Waals surface area contributed by atoms with E-state index in [4.69, 9.17) is 35.4 Å². The van der Waals surface area contributed by atoms with Crippen LogP contribution in [0.4, 0.5) is 11.5 Å². The fourth-order valence-corrected chi connectivity index (χ4v) is 3.22. The minimum atomic E-state index is 0.422. The Morgan fingerprint density at radius 2 is 1.92 bits per heavy atom. The summed E-state index contributed by atoms with van der Waals surface area (Å²) in [6.07, 6.45) is 1.87.